The third-order valence-corrected chi connectivity index (χ3v) is 4.17. The van der Waals surface area contributed by atoms with Crippen molar-refractivity contribution in [3.05, 3.63) is 53.6 Å². The Labute approximate surface area is 142 Å². The van der Waals surface area contributed by atoms with Crippen LogP contribution in [0.25, 0.3) is 5.82 Å². The SMILES string of the molecule is Cc1c(C(=O)Nc2ccc(-n3cncn3)nc2)oc2c1C(=O)CCC2. The van der Waals surface area contributed by atoms with E-state index >= 15 is 0 Å². The van der Waals surface area contributed by atoms with Gasteiger partial charge in [0.2, 0.25) is 0 Å². The highest BCUT2D eigenvalue weighted by atomic mass is 16.4. The van der Waals surface area contributed by atoms with E-state index in [-0.39, 0.29) is 11.5 Å². The predicted molar refractivity (Wildman–Crippen MR) is 87.8 cm³/mol. The Hall–Kier alpha value is -3.29. The number of nitrogens with one attached hydrogen (secondary N) is 1. The lowest BCUT2D eigenvalue weighted by molar-refractivity contribution is 0.0963. The van der Waals surface area contributed by atoms with Crippen molar-refractivity contribution in [3.63, 3.8) is 0 Å². The summed E-state index contributed by atoms with van der Waals surface area (Å²) >= 11 is 0. The standard InChI is InChI=1S/C17H15N5O3/c1-10-15-12(23)3-2-4-13(15)25-16(10)17(24)21-11-5-6-14(19-7-11)22-9-18-8-20-22/h5-9H,2-4H2,1H3,(H,21,24). The largest absolute Gasteiger partial charge is 0.455 e. The summed E-state index contributed by atoms with van der Waals surface area (Å²) in [7, 11) is 0. The smallest absolute Gasteiger partial charge is 0.291 e. The zero-order valence-electron chi connectivity index (χ0n) is 13.5. The lowest BCUT2D eigenvalue weighted by Crippen LogP contribution is -2.13. The third kappa shape index (κ3) is 2.71. The van der Waals surface area contributed by atoms with Crippen molar-refractivity contribution in [2.24, 2.45) is 0 Å². The monoisotopic (exact) mass is 337 g/mol. The van der Waals surface area contributed by atoms with Gasteiger partial charge in [-0.25, -0.2) is 14.6 Å². The van der Waals surface area contributed by atoms with Crippen LogP contribution in [0, 0.1) is 6.92 Å². The summed E-state index contributed by atoms with van der Waals surface area (Å²) in [5.41, 5.74) is 1.69. The molecule has 3 aromatic heterocycles. The number of amides is 1. The zero-order chi connectivity index (χ0) is 17.4. The Bertz CT molecular complexity index is 942. The number of fused-ring (bicyclic) bond motifs is 1. The first-order chi connectivity index (χ1) is 12.1. The average Bonchev–Trinajstić information content (AvgIpc) is 3.25. The van der Waals surface area contributed by atoms with Gasteiger partial charge in [0, 0.05) is 18.4 Å². The van der Waals surface area contributed by atoms with Crippen LogP contribution in [0.15, 0.2) is 35.4 Å². The van der Waals surface area contributed by atoms with Crippen molar-refractivity contribution in [3.8, 4) is 5.82 Å². The molecule has 0 radical (unpaired) electrons. The average molecular weight is 337 g/mol. The van der Waals surface area contributed by atoms with Crippen LogP contribution in [0.4, 0.5) is 5.69 Å². The number of hydrogen-bond donors (Lipinski definition) is 1. The molecular formula is C17H15N5O3. The van der Waals surface area contributed by atoms with Gasteiger partial charge in [0.05, 0.1) is 17.4 Å². The molecule has 0 fully saturated rings. The maximum Gasteiger partial charge on any atom is 0.291 e. The summed E-state index contributed by atoms with van der Waals surface area (Å²) in [6, 6.07) is 3.43. The molecule has 1 amide bonds. The number of pyridine rings is 1. The number of ketones is 1. The Balaban J connectivity index is 1.55. The van der Waals surface area contributed by atoms with Gasteiger partial charge in [0.15, 0.2) is 17.4 Å². The van der Waals surface area contributed by atoms with Gasteiger partial charge in [-0.05, 0) is 25.5 Å². The molecule has 3 aromatic rings. The van der Waals surface area contributed by atoms with Crippen molar-refractivity contribution >= 4 is 17.4 Å². The van der Waals surface area contributed by atoms with Gasteiger partial charge in [0.1, 0.15) is 18.4 Å². The number of carbonyl (C=O) groups excluding carboxylic acids is 2. The number of furan rings is 1. The van der Waals surface area contributed by atoms with Crippen LogP contribution in [0.1, 0.15) is 45.1 Å². The summed E-state index contributed by atoms with van der Waals surface area (Å²) in [6.07, 6.45) is 6.42. The molecular weight excluding hydrogens is 322 g/mol. The first-order valence-electron chi connectivity index (χ1n) is 7.91. The van der Waals surface area contributed by atoms with E-state index in [1.54, 1.807) is 19.1 Å². The predicted octanol–water partition coefficient (Wildman–Crippen LogP) is 2.34. The molecule has 0 aromatic carbocycles. The number of aromatic nitrogens is 4. The van der Waals surface area contributed by atoms with Crippen LogP contribution in [0.5, 0.6) is 0 Å². The first kappa shape index (κ1) is 15.3. The van der Waals surface area contributed by atoms with E-state index in [0.29, 0.717) is 41.2 Å². The molecule has 8 nitrogen and oxygen atoms in total. The molecule has 0 saturated heterocycles. The molecule has 0 spiro atoms. The second-order valence-corrected chi connectivity index (χ2v) is 5.83. The summed E-state index contributed by atoms with van der Waals surface area (Å²) in [5.74, 6) is 1.03. The Morgan fingerprint density at radius 3 is 2.88 bits per heavy atom. The van der Waals surface area contributed by atoms with Crippen LogP contribution in [-0.4, -0.2) is 31.4 Å². The van der Waals surface area contributed by atoms with E-state index < -0.39 is 5.91 Å². The highest BCUT2D eigenvalue weighted by Crippen LogP contribution is 2.29. The van der Waals surface area contributed by atoms with Gasteiger partial charge in [-0.3, -0.25) is 9.59 Å². The van der Waals surface area contributed by atoms with E-state index in [9.17, 15) is 9.59 Å². The van der Waals surface area contributed by atoms with Gasteiger partial charge in [-0.2, -0.15) is 5.10 Å². The van der Waals surface area contributed by atoms with E-state index in [0.717, 1.165) is 6.42 Å². The first-order valence-corrected chi connectivity index (χ1v) is 7.91. The van der Waals surface area contributed by atoms with Crippen molar-refractivity contribution in [2.45, 2.75) is 26.2 Å². The van der Waals surface area contributed by atoms with Crippen molar-refractivity contribution in [1.82, 2.24) is 19.7 Å². The maximum atomic E-state index is 12.5. The summed E-state index contributed by atoms with van der Waals surface area (Å²) in [6.45, 7) is 1.74. The fourth-order valence-electron chi connectivity index (χ4n) is 2.98. The number of aryl methyl sites for hydroxylation is 1. The number of nitrogens with zero attached hydrogens (tertiary/aromatic N) is 4. The Kier molecular flexibility index (Phi) is 3.64. The lowest BCUT2D eigenvalue weighted by atomic mass is 9.94. The van der Waals surface area contributed by atoms with E-state index in [4.69, 9.17) is 4.42 Å². The molecule has 1 aliphatic rings. The Morgan fingerprint density at radius 1 is 1.32 bits per heavy atom. The molecule has 0 saturated carbocycles. The maximum absolute atomic E-state index is 12.5. The second-order valence-electron chi connectivity index (χ2n) is 5.83. The molecule has 4 rings (SSSR count). The number of hydrogen-bond acceptors (Lipinski definition) is 6. The van der Waals surface area contributed by atoms with Crippen molar-refractivity contribution < 1.29 is 14.0 Å². The molecule has 0 unspecified atom stereocenters. The van der Waals surface area contributed by atoms with Crippen LogP contribution in [0.2, 0.25) is 0 Å². The Morgan fingerprint density at radius 2 is 2.20 bits per heavy atom. The highest BCUT2D eigenvalue weighted by Gasteiger charge is 2.28. The lowest BCUT2D eigenvalue weighted by Gasteiger charge is -2.07. The number of Topliss-reactive ketones (excluding diaryl/α,β-unsaturated/α-hetero) is 1. The molecule has 0 atom stereocenters. The summed E-state index contributed by atoms with van der Waals surface area (Å²) < 4.78 is 7.16. The number of carbonyl (C=O) groups is 2. The fourth-order valence-corrected chi connectivity index (χ4v) is 2.98. The molecule has 1 aliphatic carbocycles. The normalized spacial score (nSPS) is 13.6. The minimum Gasteiger partial charge on any atom is -0.455 e. The van der Waals surface area contributed by atoms with E-state index in [2.05, 4.69) is 20.4 Å². The topological polar surface area (TPSA) is 103 Å². The quantitative estimate of drug-likeness (QED) is 0.787. The van der Waals surface area contributed by atoms with E-state index in [1.807, 2.05) is 0 Å². The zero-order valence-corrected chi connectivity index (χ0v) is 13.5. The molecule has 8 heteroatoms. The molecule has 0 bridgehead atoms. The van der Waals surface area contributed by atoms with Gasteiger partial charge in [-0.1, -0.05) is 0 Å². The molecule has 25 heavy (non-hydrogen) atoms. The molecule has 1 N–H and O–H groups in total. The molecule has 0 aliphatic heterocycles. The number of anilines is 1. The van der Waals surface area contributed by atoms with Gasteiger partial charge in [-0.15, -0.1) is 0 Å². The summed E-state index contributed by atoms with van der Waals surface area (Å²) in [4.78, 5) is 32.6. The number of rotatable bonds is 3. The molecule has 126 valence electrons. The van der Waals surface area contributed by atoms with Crippen LogP contribution >= 0.6 is 0 Å². The van der Waals surface area contributed by atoms with Crippen LogP contribution < -0.4 is 5.32 Å². The van der Waals surface area contributed by atoms with Gasteiger partial charge >= 0.3 is 0 Å². The minimum atomic E-state index is -0.394. The van der Waals surface area contributed by atoms with Gasteiger partial charge in [0.25, 0.3) is 5.91 Å². The van der Waals surface area contributed by atoms with Crippen LogP contribution in [-0.2, 0) is 6.42 Å². The van der Waals surface area contributed by atoms with Crippen LogP contribution in [0.3, 0.4) is 0 Å². The van der Waals surface area contributed by atoms with E-state index in [1.165, 1.54) is 23.5 Å². The fraction of sp³-hybridized carbons (Fsp3) is 0.235. The minimum absolute atomic E-state index is 0.0420. The summed E-state index contributed by atoms with van der Waals surface area (Å²) in [5, 5.41) is 6.73. The third-order valence-electron chi connectivity index (χ3n) is 4.17. The highest BCUT2D eigenvalue weighted by molar-refractivity contribution is 6.07. The van der Waals surface area contributed by atoms with Gasteiger partial charge < -0.3 is 9.73 Å². The molecule has 3 heterocycles. The second kappa shape index (κ2) is 5.97. The van der Waals surface area contributed by atoms with Crippen molar-refractivity contribution in [1.29, 1.82) is 0 Å². The van der Waals surface area contributed by atoms with Crippen molar-refractivity contribution in [2.75, 3.05) is 5.32 Å².